The Labute approximate surface area is 120 Å². The van der Waals surface area contributed by atoms with Crippen molar-refractivity contribution in [2.75, 3.05) is 11.9 Å². The first-order valence-corrected chi connectivity index (χ1v) is 7.56. The molecule has 1 saturated carbocycles. The molecule has 1 aliphatic rings. The highest BCUT2D eigenvalue weighted by Crippen LogP contribution is 2.24. The van der Waals surface area contributed by atoms with Gasteiger partial charge in [-0.25, -0.2) is 0 Å². The van der Waals surface area contributed by atoms with Gasteiger partial charge < -0.3 is 11.1 Å². The molecule has 3 N–H and O–H groups in total. The summed E-state index contributed by atoms with van der Waals surface area (Å²) in [6.45, 7) is 3.13. The van der Waals surface area contributed by atoms with Crippen molar-refractivity contribution in [3.8, 4) is 0 Å². The van der Waals surface area contributed by atoms with E-state index in [4.69, 9.17) is 5.73 Å². The van der Waals surface area contributed by atoms with Crippen molar-refractivity contribution >= 4 is 16.6 Å². The highest BCUT2D eigenvalue weighted by Gasteiger charge is 2.18. The molecule has 0 atom stereocenters. The molecule has 1 fully saturated rings. The van der Waals surface area contributed by atoms with Crippen molar-refractivity contribution in [3.63, 3.8) is 0 Å². The van der Waals surface area contributed by atoms with Gasteiger partial charge in [0.15, 0.2) is 0 Å². The quantitative estimate of drug-likeness (QED) is 0.897. The van der Waals surface area contributed by atoms with Crippen molar-refractivity contribution in [2.24, 2.45) is 11.7 Å². The molecule has 3 heteroatoms. The van der Waals surface area contributed by atoms with Gasteiger partial charge in [-0.15, -0.1) is 0 Å². The predicted octanol–water partition coefficient (Wildman–Crippen LogP) is 3.47. The van der Waals surface area contributed by atoms with Gasteiger partial charge in [-0.3, -0.25) is 4.98 Å². The number of anilines is 1. The summed E-state index contributed by atoms with van der Waals surface area (Å²) in [4.78, 5) is 4.54. The van der Waals surface area contributed by atoms with E-state index in [1.54, 1.807) is 0 Å². The van der Waals surface area contributed by atoms with Gasteiger partial charge in [0.05, 0.1) is 17.4 Å². The van der Waals surface area contributed by atoms with Crippen LogP contribution in [-0.2, 0) is 0 Å². The third kappa shape index (κ3) is 3.10. The number of hydrogen-bond donors (Lipinski definition) is 2. The van der Waals surface area contributed by atoms with E-state index in [9.17, 15) is 0 Å². The molecular formula is C17H23N3. The Kier molecular flexibility index (Phi) is 3.88. The topological polar surface area (TPSA) is 50.9 Å². The van der Waals surface area contributed by atoms with Crippen LogP contribution in [0.25, 0.3) is 10.9 Å². The lowest BCUT2D eigenvalue weighted by Crippen LogP contribution is -2.29. The summed E-state index contributed by atoms with van der Waals surface area (Å²) in [5.41, 5.74) is 9.39. The Bertz CT molecular complexity index is 586. The number of aryl methyl sites for hydroxylation is 1. The average Bonchev–Trinajstić information content (AvgIpc) is 2.46. The molecule has 0 saturated heterocycles. The van der Waals surface area contributed by atoms with E-state index < -0.39 is 0 Å². The number of nitrogens with one attached hydrogen (secondary N) is 1. The summed E-state index contributed by atoms with van der Waals surface area (Å²) >= 11 is 0. The molecule has 106 valence electrons. The molecule has 1 heterocycles. The van der Waals surface area contributed by atoms with Crippen LogP contribution in [0.5, 0.6) is 0 Å². The zero-order chi connectivity index (χ0) is 13.9. The molecule has 0 amide bonds. The van der Waals surface area contributed by atoms with Crippen LogP contribution in [-0.4, -0.2) is 17.6 Å². The van der Waals surface area contributed by atoms with Crippen molar-refractivity contribution < 1.29 is 0 Å². The van der Waals surface area contributed by atoms with Crippen LogP contribution >= 0.6 is 0 Å². The Hall–Kier alpha value is -1.61. The number of hydrogen-bond acceptors (Lipinski definition) is 3. The summed E-state index contributed by atoms with van der Waals surface area (Å²) in [7, 11) is 0. The molecule has 1 aliphatic carbocycles. The van der Waals surface area contributed by atoms with E-state index in [0.717, 1.165) is 23.7 Å². The second-order valence-corrected chi connectivity index (χ2v) is 6.08. The van der Waals surface area contributed by atoms with Gasteiger partial charge in [0.25, 0.3) is 0 Å². The monoisotopic (exact) mass is 269 g/mol. The van der Waals surface area contributed by atoms with Gasteiger partial charge in [0.2, 0.25) is 0 Å². The van der Waals surface area contributed by atoms with Gasteiger partial charge >= 0.3 is 0 Å². The Morgan fingerprint density at radius 1 is 1.20 bits per heavy atom. The molecule has 1 aromatic heterocycles. The normalized spacial score (nSPS) is 22.9. The molecule has 0 aliphatic heterocycles. The predicted molar refractivity (Wildman–Crippen MR) is 84.9 cm³/mol. The zero-order valence-electron chi connectivity index (χ0n) is 12.1. The Morgan fingerprint density at radius 3 is 2.80 bits per heavy atom. The Morgan fingerprint density at radius 2 is 2.00 bits per heavy atom. The highest BCUT2D eigenvalue weighted by molar-refractivity contribution is 5.82. The minimum Gasteiger partial charge on any atom is -0.384 e. The first kappa shape index (κ1) is 13.4. The molecule has 3 rings (SSSR count). The maximum Gasteiger partial charge on any atom is 0.0706 e. The lowest BCUT2D eigenvalue weighted by atomic mass is 9.86. The lowest BCUT2D eigenvalue weighted by Gasteiger charge is -2.26. The van der Waals surface area contributed by atoms with E-state index in [-0.39, 0.29) is 0 Å². The van der Waals surface area contributed by atoms with E-state index in [0.29, 0.717) is 6.04 Å². The van der Waals surface area contributed by atoms with Crippen molar-refractivity contribution in [1.29, 1.82) is 0 Å². The van der Waals surface area contributed by atoms with Gasteiger partial charge in [-0.1, -0.05) is 12.1 Å². The smallest absolute Gasteiger partial charge is 0.0706 e. The second kappa shape index (κ2) is 5.80. The summed E-state index contributed by atoms with van der Waals surface area (Å²) in [5.74, 6) is 0.753. The fraction of sp³-hybridized carbons (Fsp3) is 0.471. The minimum absolute atomic E-state index is 0.428. The second-order valence-electron chi connectivity index (χ2n) is 6.08. The van der Waals surface area contributed by atoms with Crippen molar-refractivity contribution in [2.45, 2.75) is 38.6 Å². The Balaban J connectivity index is 1.64. The average molecular weight is 269 g/mol. The number of fused-ring (bicyclic) bond motifs is 1. The van der Waals surface area contributed by atoms with Crippen LogP contribution in [0.2, 0.25) is 0 Å². The first-order valence-electron chi connectivity index (χ1n) is 7.56. The number of pyridine rings is 1. The molecule has 20 heavy (non-hydrogen) atoms. The van der Waals surface area contributed by atoms with Crippen molar-refractivity contribution in [3.05, 3.63) is 36.0 Å². The number of nitrogens with zero attached hydrogens (tertiary/aromatic N) is 1. The number of benzene rings is 1. The fourth-order valence-corrected chi connectivity index (χ4v) is 2.98. The number of aromatic nitrogens is 1. The maximum absolute atomic E-state index is 5.95. The highest BCUT2D eigenvalue weighted by atomic mass is 14.9. The summed E-state index contributed by atoms with van der Waals surface area (Å²) in [6.07, 6.45) is 6.77. The van der Waals surface area contributed by atoms with Crippen LogP contribution in [0.3, 0.4) is 0 Å². The van der Waals surface area contributed by atoms with E-state index in [2.05, 4.69) is 41.5 Å². The minimum atomic E-state index is 0.428. The van der Waals surface area contributed by atoms with E-state index in [1.807, 2.05) is 6.20 Å². The van der Waals surface area contributed by atoms with Crippen LogP contribution in [0.4, 0.5) is 5.69 Å². The zero-order valence-corrected chi connectivity index (χ0v) is 12.1. The van der Waals surface area contributed by atoms with Crippen LogP contribution in [0.15, 0.2) is 30.5 Å². The molecule has 0 unspecified atom stereocenters. The van der Waals surface area contributed by atoms with Gasteiger partial charge in [0.1, 0.15) is 0 Å². The number of rotatable bonds is 3. The van der Waals surface area contributed by atoms with Crippen LogP contribution in [0.1, 0.15) is 31.2 Å². The van der Waals surface area contributed by atoms with E-state index >= 15 is 0 Å². The molecule has 1 aromatic carbocycles. The van der Waals surface area contributed by atoms with Gasteiger partial charge in [-0.05, 0) is 56.2 Å². The summed E-state index contributed by atoms with van der Waals surface area (Å²) < 4.78 is 0. The first-order chi connectivity index (χ1) is 9.70. The standard InChI is InChI=1S/C17H23N3/c1-12-2-5-14-9-16(11-20-17(14)8-12)19-10-13-3-6-15(18)7-4-13/h2,5,8-9,11,13,15,19H,3-4,6-7,10,18H2,1H3. The molecule has 0 radical (unpaired) electrons. The third-order valence-electron chi connectivity index (χ3n) is 4.33. The van der Waals surface area contributed by atoms with Crippen LogP contribution < -0.4 is 11.1 Å². The van der Waals surface area contributed by atoms with Crippen LogP contribution in [0, 0.1) is 12.8 Å². The molecule has 0 spiro atoms. The van der Waals surface area contributed by atoms with E-state index in [1.165, 1.54) is 36.6 Å². The molecule has 0 bridgehead atoms. The summed E-state index contributed by atoms with van der Waals surface area (Å²) in [5, 5.41) is 4.73. The van der Waals surface area contributed by atoms with Crippen molar-refractivity contribution in [1.82, 2.24) is 4.98 Å². The van der Waals surface area contributed by atoms with Gasteiger partial charge in [0, 0.05) is 18.0 Å². The maximum atomic E-state index is 5.95. The number of nitrogens with two attached hydrogens (primary N) is 1. The molecule has 2 aromatic rings. The summed E-state index contributed by atoms with van der Waals surface area (Å²) in [6, 6.07) is 9.02. The molecular weight excluding hydrogens is 246 g/mol. The fourth-order valence-electron chi connectivity index (χ4n) is 2.98. The van der Waals surface area contributed by atoms with Gasteiger partial charge in [-0.2, -0.15) is 0 Å². The SMILES string of the molecule is Cc1ccc2cc(NCC3CCC(N)CC3)cnc2c1. The largest absolute Gasteiger partial charge is 0.384 e. The lowest BCUT2D eigenvalue weighted by molar-refractivity contribution is 0.339. The third-order valence-corrected chi connectivity index (χ3v) is 4.33. The molecule has 3 nitrogen and oxygen atoms in total.